The lowest BCUT2D eigenvalue weighted by Crippen LogP contribution is -2.34. The zero-order chi connectivity index (χ0) is 12.1. The van der Waals surface area contributed by atoms with Crippen LogP contribution in [0.5, 0.6) is 0 Å². The minimum Gasteiger partial charge on any atom is -0.465 e. The van der Waals surface area contributed by atoms with Crippen LogP contribution in [0.4, 0.5) is 0 Å². The van der Waals surface area contributed by atoms with Crippen LogP contribution in [-0.4, -0.2) is 29.4 Å². The van der Waals surface area contributed by atoms with Crippen LogP contribution < -0.4 is 5.73 Å². The summed E-state index contributed by atoms with van der Waals surface area (Å²) in [5.74, 6) is 0.792. The number of esters is 1. The van der Waals surface area contributed by atoms with Crippen LogP contribution in [-0.2, 0) is 9.53 Å². The number of carbonyl (C=O) groups excluding carboxylic acids is 1. The highest BCUT2D eigenvalue weighted by Gasteiger charge is 2.16. The number of nitrogens with zero attached hydrogens (tertiary/aromatic N) is 1. The molecule has 0 fully saturated rings. The van der Waals surface area contributed by atoms with E-state index in [1.807, 2.05) is 13.8 Å². The van der Waals surface area contributed by atoms with Crippen LogP contribution in [0, 0.1) is 13.8 Å². The maximum absolute atomic E-state index is 11.2. The van der Waals surface area contributed by atoms with Crippen LogP contribution in [0.15, 0.2) is 9.64 Å². The molecule has 0 radical (unpaired) electrons. The molecule has 5 nitrogen and oxygen atoms in total. The van der Waals surface area contributed by atoms with Crippen LogP contribution in [0.1, 0.15) is 18.4 Å². The Morgan fingerprint density at radius 3 is 2.81 bits per heavy atom. The van der Waals surface area contributed by atoms with Crippen LogP contribution in [0.25, 0.3) is 0 Å². The first-order valence-corrected chi connectivity index (χ1v) is 6.02. The molecule has 2 N–H and O–H groups in total. The summed E-state index contributed by atoms with van der Waals surface area (Å²) in [6, 6.07) is -0.641. The highest BCUT2D eigenvalue weighted by molar-refractivity contribution is 7.99. The van der Waals surface area contributed by atoms with Gasteiger partial charge in [0.1, 0.15) is 11.8 Å². The fraction of sp³-hybridized carbons (Fsp3) is 0.600. The molecule has 0 spiro atoms. The summed E-state index contributed by atoms with van der Waals surface area (Å²) in [5.41, 5.74) is 6.49. The molecule has 1 aromatic rings. The molecule has 1 unspecified atom stereocenters. The van der Waals surface area contributed by atoms with Crippen molar-refractivity contribution in [2.45, 2.75) is 32.0 Å². The van der Waals surface area contributed by atoms with Crippen molar-refractivity contribution in [3.8, 4) is 0 Å². The first-order valence-electron chi connectivity index (χ1n) is 5.03. The first-order chi connectivity index (χ1) is 7.54. The van der Waals surface area contributed by atoms with Gasteiger partial charge in [-0.3, -0.25) is 4.79 Å². The molecule has 1 rings (SSSR count). The second kappa shape index (κ2) is 5.91. The van der Waals surface area contributed by atoms with Crippen molar-refractivity contribution in [3.63, 3.8) is 0 Å². The molecule has 0 amide bonds. The van der Waals surface area contributed by atoms with Crippen molar-refractivity contribution in [2.75, 3.05) is 12.4 Å². The van der Waals surface area contributed by atoms with E-state index in [1.54, 1.807) is 6.92 Å². The van der Waals surface area contributed by atoms with Crippen molar-refractivity contribution < 1.29 is 13.9 Å². The summed E-state index contributed by atoms with van der Waals surface area (Å²) in [7, 11) is 0. The van der Waals surface area contributed by atoms with Gasteiger partial charge in [-0.15, -0.1) is 0 Å². The average Bonchev–Trinajstić information content (AvgIpc) is 2.55. The van der Waals surface area contributed by atoms with E-state index in [4.69, 9.17) is 14.9 Å². The number of hydrogen-bond acceptors (Lipinski definition) is 6. The van der Waals surface area contributed by atoms with Gasteiger partial charge in [-0.1, -0.05) is 11.8 Å². The molecule has 1 aromatic heterocycles. The van der Waals surface area contributed by atoms with E-state index < -0.39 is 12.0 Å². The molecular weight excluding hydrogens is 228 g/mol. The van der Waals surface area contributed by atoms with Gasteiger partial charge in [0.05, 0.1) is 12.3 Å². The zero-order valence-electron chi connectivity index (χ0n) is 9.65. The van der Waals surface area contributed by atoms with Crippen molar-refractivity contribution in [2.24, 2.45) is 5.73 Å². The number of carbonyl (C=O) groups is 1. The third-order valence-electron chi connectivity index (χ3n) is 1.98. The monoisotopic (exact) mass is 244 g/mol. The number of ether oxygens (including phenoxy) is 1. The van der Waals surface area contributed by atoms with E-state index in [1.165, 1.54) is 11.8 Å². The molecule has 0 aliphatic heterocycles. The quantitative estimate of drug-likeness (QED) is 0.621. The second-order valence-corrected chi connectivity index (χ2v) is 4.26. The summed E-state index contributed by atoms with van der Waals surface area (Å²) in [6.45, 7) is 5.80. The lowest BCUT2D eigenvalue weighted by Gasteiger charge is -2.08. The Morgan fingerprint density at radius 2 is 2.31 bits per heavy atom. The topological polar surface area (TPSA) is 78.4 Å². The normalized spacial score (nSPS) is 12.5. The van der Waals surface area contributed by atoms with Crippen LogP contribution in [0.2, 0.25) is 0 Å². The SMILES string of the molecule is CCOC(=O)C(N)CSc1nc(C)c(C)o1. The Kier molecular flexibility index (Phi) is 4.82. The van der Waals surface area contributed by atoms with Crippen molar-refractivity contribution >= 4 is 17.7 Å². The first kappa shape index (κ1) is 13.1. The van der Waals surface area contributed by atoms with Gasteiger partial charge in [-0.25, -0.2) is 4.98 Å². The molecule has 0 bridgehead atoms. The van der Waals surface area contributed by atoms with Gasteiger partial charge in [-0.2, -0.15) is 0 Å². The fourth-order valence-corrected chi connectivity index (χ4v) is 1.83. The van der Waals surface area contributed by atoms with Crippen LogP contribution in [0.3, 0.4) is 0 Å². The summed E-state index contributed by atoms with van der Waals surface area (Å²) in [5, 5.41) is 0.537. The Morgan fingerprint density at radius 1 is 1.62 bits per heavy atom. The van der Waals surface area contributed by atoms with E-state index >= 15 is 0 Å². The lowest BCUT2D eigenvalue weighted by molar-refractivity contribution is -0.144. The number of rotatable bonds is 5. The van der Waals surface area contributed by atoms with Gasteiger partial charge in [0.2, 0.25) is 0 Å². The Hall–Kier alpha value is -1.01. The standard InChI is InChI=1S/C10H16N2O3S/c1-4-14-9(13)8(11)5-16-10-12-6(2)7(3)15-10/h8H,4-5,11H2,1-3H3. The Bertz CT molecular complexity index is 345. The highest BCUT2D eigenvalue weighted by Crippen LogP contribution is 2.20. The minimum atomic E-state index is -0.641. The molecule has 6 heteroatoms. The van der Waals surface area contributed by atoms with Crippen LogP contribution >= 0.6 is 11.8 Å². The van der Waals surface area contributed by atoms with Crippen molar-refractivity contribution in [1.29, 1.82) is 0 Å². The minimum absolute atomic E-state index is 0.342. The predicted octanol–water partition coefficient (Wildman–Crippen LogP) is 1.27. The molecule has 1 atom stereocenters. The molecule has 0 aliphatic carbocycles. The van der Waals surface area contributed by atoms with E-state index in [2.05, 4.69) is 4.98 Å². The molecule has 0 aliphatic rings. The van der Waals surface area contributed by atoms with Gasteiger partial charge in [0.15, 0.2) is 0 Å². The highest BCUT2D eigenvalue weighted by atomic mass is 32.2. The van der Waals surface area contributed by atoms with Crippen molar-refractivity contribution in [1.82, 2.24) is 4.98 Å². The Balaban J connectivity index is 2.42. The number of oxazole rings is 1. The predicted molar refractivity (Wildman–Crippen MR) is 61.3 cm³/mol. The number of aryl methyl sites for hydroxylation is 2. The Labute approximate surface area is 98.7 Å². The van der Waals surface area contributed by atoms with E-state index in [0.717, 1.165) is 11.5 Å². The average molecular weight is 244 g/mol. The smallest absolute Gasteiger partial charge is 0.323 e. The molecule has 1 heterocycles. The molecule has 0 aromatic carbocycles. The fourth-order valence-electron chi connectivity index (χ4n) is 0.983. The summed E-state index contributed by atoms with van der Waals surface area (Å²) < 4.78 is 10.1. The largest absolute Gasteiger partial charge is 0.465 e. The van der Waals surface area contributed by atoms with Gasteiger partial charge >= 0.3 is 5.97 Å². The molecule has 16 heavy (non-hydrogen) atoms. The van der Waals surface area contributed by atoms with Crippen molar-refractivity contribution in [3.05, 3.63) is 11.5 Å². The molecular formula is C10H16N2O3S. The van der Waals surface area contributed by atoms with Gasteiger partial charge < -0.3 is 14.9 Å². The number of aromatic nitrogens is 1. The van der Waals surface area contributed by atoms with Gasteiger partial charge in [-0.05, 0) is 20.8 Å². The van der Waals surface area contributed by atoms with Gasteiger partial charge in [0, 0.05) is 5.75 Å². The second-order valence-electron chi connectivity index (χ2n) is 3.29. The number of nitrogens with two attached hydrogens (primary N) is 1. The maximum atomic E-state index is 11.2. The lowest BCUT2D eigenvalue weighted by atomic mass is 10.4. The third-order valence-corrected chi connectivity index (χ3v) is 2.93. The summed E-state index contributed by atoms with van der Waals surface area (Å²) >= 11 is 1.31. The zero-order valence-corrected chi connectivity index (χ0v) is 10.5. The number of thioether (sulfide) groups is 1. The summed E-state index contributed by atoms with van der Waals surface area (Å²) in [6.07, 6.45) is 0. The van der Waals surface area contributed by atoms with E-state index in [9.17, 15) is 4.79 Å². The third kappa shape index (κ3) is 3.53. The molecule has 90 valence electrons. The maximum Gasteiger partial charge on any atom is 0.323 e. The molecule has 0 saturated heterocycles. The summed E-state index contributed by atoms with van der Waals surface area (Å²) in [4.78, 5) is 15.4. The van der Waals surface area contributed by atoms with E-state index in [-0.39, 0.29) is 0 Å². The van der Waals surface area contributed by atoms with Gasteiger partial charge in [0.25, 0.3) is 5.22 Å². The van der Waals surface area contributed by atoms with E-state index in [0.29, 0.717) is 17.6 Å². The number of hydrogen-bond donors (Lipinski definition) is 1. The molecule has 0 saturated carbocycles.